The first-order chi connectivity index (χ1) is 13.1. The van der Waals surface area contributed by atoms with Crippen molar-refractivity contribution >= 4 is 17.5 Å². The fraction of sp³-hybridized carbons (Fsp3) is 0.435. The van der Waals surface area contributed by atoms with Crippen molar-refractivity contribution in [2.24, 2.45) is 5.92 Å². The molecule has 27 heavy (non-hydrogen) atoms. The maximum Gasteiger partial charge on any atom is 0.223 e. The Morgan fingerprint density at radius 1 is 1.11 bits per heavy atom. The van der Waals surface area contributed by atoms with E-state index < -0.39 is 0 Å². The zero-order valence-electron chi connectivity index (χ0n) is 15.8. The van der Waals surface area contributed by atoms with Crippen LogP contribution in [0.5, 0.6) is 0 Å². The molecule has 1 saturated carbocycles. The minimum absolute atomic E-state index is 0.0925. The van der Waals surface area contributed by atoms with Gasteiger partial charge >= 0.3 is 0 Å². The van der Waals surface area contributed by atoms with Gasteiger partial charge in [-0.05, 0) is 54.9 Å². The van der Waals surface area contributed by atoms with Crippen molar-refractivity contribution in [2.45, 2.75) is 44.7 Å². The van der Waals surface area contributed by atoms with Gasteiger partial charge in [0.2, 0.25) is 5.91 Å². The van der Waals surface area contributed by atoms with E-state index >= 15 is 0 Å². The molecule has 0 spiro atoms. The molecule has 2 atom stereocenters. The van der Waals surface area contributed by atoms with E-state index in [0.29, 0.717) is 12.0 Å². The van der Waals surface area contributed by atoms with Gasteiger partial charge in [0, 0.05) is 36.6 Å². The summed E-state index contributed by atoms with van der Waals surface area (Å²) in [7, 11) is 0. The Morgan fingerprint density at radius 3 is 2.56 bits per heavy atom. The number of nitrogens with one attached hydrogen (secondary N) is 1. The predicted octanol–water partition coefficient (Wildman–Crippen LogP) is 4.53. The quantitative estimate of drug-likeness (QED) is 0.823. The average molecular weight is 383 g/mol. The van der Waals surface area contributed by atoms with E-state index in [4.69, 9.17) is 11.6 Å². The summed E-state index contributed by atoms with van der Waals surface area (Å²) in [5.41, 5.74) is 3.88. The van der Waals surface area contributed by atoms with E-state index in [-0.39, 0.29) is 11.8 Å². The molecule has 2 fully saturated rings. The molecule has 2 aliphatic rings. The van der Waals surface area contributed by atoms with Gasteiger partial charge in [-0.15, -0.1) is 0 Å². The Kier molecular flexibility index (Phi) is 5.51. The fourth-order valence-corrected chi connectivity index (χ4v) is 4.45. The maximum absolute atomic E-state index is 12.6. The zero-order valence-corrected chi connectivity index (χ0v) is 16.6. The molecule has 142 valence electrons. The van der Waals surface area contributed by atoms with Gasteiger partial charge in [0.25, 0.3) is 0 Å². The van der Waals surface area contributed by atoms with E-state index in [1.54, 1.807) is 0 Å². The third-order valence-corrected chi connectivity index (χ3v) is 6.37. The summed E-state index contributed by atoms with van der Waals surface area (Å²) in [5.74, 6) is 0.590. The number of rotatable bonds is 5. The molecule has 3 nitrogen and oxygen atoms in total. The van der Waals surface area contributed by atoms with Gasteiger partial charge in [0.15, 0.2) is 0 Å². The van der Waals surface area contributed by atoms with Crippen molar-refractivity contribution < 1.29 is 4.79 Å². The largest absolute Gasteiger partial charge is 0.353 e. The molecule has 0 aromatic heterocycles. The lowest BCUT2D eigenvalue weighted by Gasteiger charge is -2.32. The second-order valence-corrected chi connectivity index (χ2v) is 8.36. The van der Waals surface area contributed by atoms with Crippen LogP contribution in [0.2, 0.25) is 5.02 Å². The molecule has 4 rings (SSSR count). The predicted molar refractivity (Wildman–Crippen MR) is 110 cm³/mol. The topological polar surface area (TPSA) is 32.3 Å². The number of benzene rings is 2. The number of hydrogen-bond donors (Lipinski definition) is 1. The van der Waals surface area contributed by atoms with Gasteiger partial charge in [-0.1, -0.05) is 54.1 Å². The van der Waals surface area contributed by atoms with E-state index in [0.717, 1.165) is 49.5 Å². The summed E-state index contributed by atoms with van der Waals surface area (Å²) in [6.07, 6.45) is 2.98. The normalized spacial score (nSPS) is 23.2. The molecule has 0 radical (unpaired) electrons. The molecule has 1 aliphatic carbocycles. The number of likely N-dealkylation sites (tertiary alicyclic amines) is 1. The second kappa shape index (κ2) is 8.04. The summed E-state index contributed by atoms with van der Waals surface area (Å²) in [4.78, 5) is 15.1. The number of nitrogens with zero attached hydrogens (tertiary/aromatic N) is 1. The number of hydrogen-bond acceptors (Lipinski definition) is 2. The average Bonchev–Trinajstić information content (AvgIpc) is 3.46. The molecular weight excluding hydrogens is 356 g/mol. The molecule has 0 bridgehead atoms. The van der Waals surface area contributed by atoms with Crippen molar-refractivity contribution in [2.75, 3.05) is 13.1 Å². The summed E-state index contributed by atoms with van der Waals surface area (Å²) >= 11 is 6.28. The smallest absolute Gasteiger partial charge is 0.223 e. The van der Waals surface area contributed by atoms with Gasteiger partial charge < -0.3 is 5.32 Å². The summed E-state index contributed by atoms with van der Waals surface area (Å²) in [5, 5.41) is 4.07. The Hall–Kier alpha value is -1.84. The summed E-state index contributed by atoms with van der Waals surface area (Å²) in [6.45, 7) is 5.26. The van der Waals surface area contributed by atoms with Gasteiger partial charge in [-0.25, -0.2) is 0 Å². The first kappa shape index (κ1) is 18.5. The summed E-state index contributed by atoms with van der Waals surface area (Å²) < 4.78 is 0. The highest BCUT2D eigenvalue weighted by atomic mass is 35.5. The first-order valence-corrected chi connectivity index (χ1v) is 10.3. The minimum atomic E-state index is 0.0925. The van der Waals surface area contributed by atoms with E-state index in [2.05, 4.69) is 41.4 Å². The minimum Gasteiger partial charge on any atom is -0.353 e. The number of carbonyl (C=O) groups excluding carboxylic acids is 1. The molecule has 2 aromatic carbocycles. The Morgan fingerprint density at radius 2 is 1.81 bits per heavy atom. The first-order valence-electron chi connectivity index (χ1n) is 9.93. The van der Waals surface area contributed by atoms with Crippen molar-refractivity contribution in [1.29, 1.82) is 0 Å². The molecule has 2 aromatic rings. The van der Waals surface area contributed by atoms with Gasteiger partial charge in [-0.3, -0.25) is 9.69 Å². The monoisotopic (exact) mass is 382 g/mol. The summed E-state index contributed by atoms with van der Waals surface area (Å²) in [6, 6.07) is 16.8. The molecule has 1 aliphatic heterocycles. The number of piperidine rings is 1. The van der Waals surface area contributed by atoms with E-state index in [1.807, 2.05) is 24.3 Å². The Bertz CT molecular complexity index is 814. The molecule has 4 heteroatoms. The molecule has 1 N–H and O–H groups in total. The molecule has 2 unspecified atom stereocenters. The molecular formula is C23H27ClN2O. The lowest BCUT2D eigenvalue weighted by atomic mass is 10.0. The Labute approximate surface area is 166 Å². The van der Waals surface area contributed by atoms with Crippen LogP contribution in [0.1, 0.15) is 41.9 Å². The number of carbonyl (C=O) groups is 1. The van der Waals surface area contributed by atoms with Crippen LogP contribution in [0.3, 0.4) is 0 Å². The third-order valence-electron chi connectivity index (χ3n) is 6.02. The van der Waals surface area contributed by atoms with Crippen LogP contribution in [-0.4, -0.2) is 29.9 Å². The van der Waals surface area contributed by atoms with E-state index in [1.165, 1.54) is 11.1 Å². The van der Waals surface area contributed by atoms with Crippen LogP contribution in [0.4, 0.5) is 0 Å². The highest BCUT2D eigenvalue weighted by Crippen LogP contribution is 2.49. The van der Waals surface area contributed by atoms with Gasteiger partial charge in [0.1, 0.15) is 0 Å². The highest BCUT2D eigenvalue weighted by Gasteiger charge is 2.45. The van der Waals surface area contributed by atoms with Crippen LogP contribution >= 0.6 is 11.6 Å². The van der Waals surface area contributed by atoms with Crippen LogP contribution < -0.4 is 5.32 Å². The third kappa shape index (κ3) is 4.36. The van der Waals surface area contributed by atoms with Crippen LogP contribution in [0, 0.1) is 12.8 Å². The standard InChI is InChI=1S/C23H27ClN2O/c1-16-6-2-3-7-17(16)15-26-12-10-18(11-13-26)25-23(27)21-14-20(21)19-8-4-5-9-22(19)24/h2-9,18,20-21H,10-15H2,1H3,(H,25,27). The lowest BCUT2D eigenvalue weighted by molar-refractivity contribution is -0.123. The van der Waals surface area contributed by atoms with Crippen molar-refractivity contribution in [3.05, 3.63) is 70.2 Å². The maximum atomic E-state index is 12.6. The van der Waals surface area contributed by atoms with Gasteiger partial charge in [-0.2, -0.15) is 0 Å². The number of halogens is 1. The highest BCUT2D eigenvalue weighted by molar-refractivity contribution is 6.31. The van der Waals surface area contributed by atoms with Crippen molar-refractivity contribution in [3.63, 3.8) is 0 Å². The van der Waals surface area contributed by atoms with Crippen LogP contribution in [-0.2, 0) is 11.3 Å². The van der Waals surface area contributed by atoms with Crippen molar-refractivity contribution in [1.82, 2.24) is 10.2 Å². The molecule has 1 heterocycles. The van der Waals surface area contributed by atoms with Gasteiger partial charge in [0.05, 0.1) is 0 Å². The number of amides is 1. The molecule has 1 amide bonds. The van der Waals surface area contributed by atoms with Crippen molar-refractivity contribution in [3.8, 4) is 0 Å². The SMILES string of the molecule is Cc1ccccc1CN1CCC(NC(=O)C2CC2c2ccccc2Cl)CC1. The van der Waals surface area contributed by atoms with Crippen LogP contribution in [0.25, 0.3) is 0 Å². The fourth-order valence-electron chi connectivity index (χ4n) is 4.18. The van der Waals surface area contributed by atoms with E-state index in [9.17, 15) is 4.79 Å². The molecule has 1 saturated heterocycles. The second-order valence-electron chi connectivity index (χ2n) is 7.96. The van der Waals surface area contributed by atoms with Crippen LogP contribution in [0.15, 0.2) is 48.5 Å². The number of aryl methyl sites for hydroxylation is 1. The Balaban J connectivity index is 1.25. The zero-order chi connectivity index (χ0) is 18.8. The lowest BCUT2D eigenvalue weighted by Crippen LogP contribution is -2.45.